The molecular formula is C43H49F3N10O7. The van der Waals surface area contributed by atoms with Gasteiger partial charge in [-0.25, -0.2) is 9.37 Å². The van der Waals surface area contributed by atoms with E-state index in [0.29, 0.717) is 63.7 Å². The van der Waals surface area contributed by atoms with Crippen LogP contribution in [0.4, 0.5) is 42.0 Å². The molecule has 1 aromatic heterocycles. The summed E-state index contributed by atoms with van der Waals surface area (Å²) in [4.78, 5) is 90.3. The average molecular weight is 875 g/mol. The van der Waals surface area contributed by atoms with Crippen LogP contribution in [0.3, 0.4) is 0 Å². The molecule has 63 heavy (non-hydrogen) atoms. The van der Waals surface area contributed by atoms with Crippen LogP contribution in [0.25, 0.3) is 0 Å². The fourth-order valence-corrected chi connectivity index (χ4v) is 9.07. The van der Waals surface area contributed by atoms with Crippen molar-refractivity contribution in [2.45, 2.75) is 94.8 Å². The number of fused-ring (bicyclic) bond motifs is 2. The second kappa shape index (κ2) is 17.7. The average Bonchev–Trinajstić information content (AvgIpc) is 3.90. The SMILES string of the molecule is COc1cc(C(=O)NC2CCN(C(=O)CCCNc3ccc4c(c3)CN(C3CCC(=O)NC3=O)C4=O)CC2)c(F)cc1Nc1ncc2c(n1)N(C1CCCC1)CC(F)(F)C(=O)N2C. The van der Waals surface area contributed by atoms with Crippen molar-refractivity contribution in [1.29, 1.82) is 0 Å². The summed E-state index contributed by atoms with van der Waals surface area (Å²) in [6, 6.07) is 6.45. The Kier molecular flexibility index (Phi) is 12.1. The van der Waals surface area contributed by atoms with Crippen LogP contribution < -0.4 is 35.8 Å². The number of imide groups is 1. The van der Waals surface area contributed by atoms with E-state index in [4.69, 9.17) is 4.74 Å². The molecule has 334 valence electrons. The van der Waals surface area contributed by atoms with E-state index in [-0.39, 0.29) is 83.6 Å². The van der Waals surface area contributed by atoms with Gasteiger partial charge in [0.25, 0.3) is 17.7 Å². The number of anilines is 5. The van der Waals surface area contributed by atoms with Crippen molar-refractivity contribution in [3.63, 3.8) is 0 Å². The summed E-state index contributed by atoms with van der Waals surface area (Å²) in [5.41, 5.74) is 2.03. The van der Waals surface area contributed by atoms with Gasteiger partial charge in [-0.2, -0.15) is 13.8 Å². The molecule has 4 aliphatic heterocycles. The third-order valence-corrected chi connectivity index (χ3v) is 12.5. The number of rotatable bonds is 12. The number of piperidine rings is 2. The van der Waals surface area contributed by atoms with E-state index in [1.807, 2.05) is 6.07 Å². The second-order valence-corrected chi connectivity index (χ2v) is 16.6. The van der Waals surface area contributed by atoms with Crippen molar-refractivity contribution in [3.8, 4) is 5.75 Å². The number of nitrogens with one attached hydrogen (secondary N) is 4. The number of alkyl halides is 2. The number of carbonyl (C=O) groups is 6. The number of ether oxygens (including phenoxy) is 1. The van der Waals surface area contributed by atoms with Gasteiger partial charge in [-0.1, -0.05) is 12.8 Å². The molecule has 0 bridgehead atoms. The van der Waals surface area contributed by atoms with Crippen molar-refractivity contribution in [2.24, 2.45) is 0 Å². The monoisotopic (exact) mass is 874 g/mol. The molecule has 5 heterocycles. The van der Waals surface area contributed by atoms with Gasteiger partial charge in [0.15, 0.2) is 5.82 Å². The highest BCUT2D eigenvalue weighted by Gasteiger charge is 2.49. The smallest absolute Gasteiger partial charge is 0.342 e. The lowest BCUT2D eigenvalue weighted by Gasteiger charge is -2.32. The maximum Gasteiger partial charge on any atom is 0.342 e. The Morgan fingerprint density at radius 3 is 2.49 bits per heavy atom. The van der Waals surface area contributed by atoms with Crippen LogP contribution in [0.1, 0.15) is 90.5 Å². The maximum absolute atomic E-state index is 15.6. The Balaban J connectivity index is 0.816. The molecule has 3 aromatic rings. The molecule has 17 nitrogen and oxygen atoms in total. The fraction of sp³-hybridized carbons (Fsp3) is 0.488. The van der Waals surface area contributed by atoms with Gasteiger partial charge in [0, 0.05) is 75.5 Å². The molecule has 3 fully saturated rings. The first-order valence-corrected chi connectivity index (χ1v) is 21.2. The van der Waals surface area contributed by atoms with Gasteiger partial charge in [-0.15, -0.1) is 0 Å². The minimum absolute atomic E-state index is 0.0250. The number of likely N-dealkylation sites (tertiary alicyclic amines) is 1. The number of hydrogen-bond donors (Lipinski definition) is 4. The molecule has 2 aromatic carbocycles. The summed E-state index contributed by atoms with van der Waals surface area (Å²) in [6.45, 7) is 0.765. The quantitative estimate of drug-likeness (QED) is 0.150. The predicted molar refractivity (Wildman–Crippen MR) is 224 cm³/mol. The molecule has 1 aliphatic carbocycles. The number of aromatic nitrogens is 2. The van der Waals surface area contributed by atoms with Crippen LogP contribution in [0.5, 0.6) is 5.75 Å². The van der Waals surface area contributed by atoms with E-state index < -0.39 is 42.0 Å². The molecule has 2 saturated heterocycles. The van der Waals surface area contributed by atoms with Crippen molar-refractivity contribution >= 4 is 64.3 Å². The zero-order valence-corrected chi connectivity index (χ0v) is 35.0. The van der Waals surface area contributed by atoms with Gasteiger partial charge >= 0.3 is 5.92 Å². The van der Waals surface area contributed by atoms with E-state index in [0.717, 1.165) is 35.1 Å². The standard InChI is InChI=1S/C43H49F3N10O7/c1-53-33-21-48-42(52-37(33)56(27-6-3-4-7-27)23-43(45,46)41(53)62)50-31-20-30(44)29(19-34(31)63-2)38(59)49-25-13-16-54(17-14-25)36(58)8-5-15-47-26-9-10-28-24(18-26)22-55(40(28)61)32-11-12-35(57)51-39(32)60/h9-10,18-21,25,27,32,47H,3-8,11-17,22-23H2,1-2H3,(H,49,59)(H,48,50,52)(H,51,57,60). The van der Waals surface area contributed by atoms with E-state index in [1.54, 1.807) is 17.0 Å². The van der Waals surface area contributed by atoms with Crippen LogP contribution >= 0.6 is 0 Å². The van der Waals surface area contributed by atoms with Gasteiger partial charge in [0.2, 0.25) is 23.7 Å². The molecule has 1 unspecified atom stereocenters. The molecule has 20 heteroatoms. The topological polar surface area (TPSA) is 199 Å². The van der Waals surface area contributed by atoms with Gasteiger partial charge < -0.3 is 40.3 Å². The van der Waals surface area contributed by atoms with E-state index in [1.165, 1.54) is 36.2 Å². The number of benzene rings is 2. The first-order valence-electron chi connectivity index (χ1n) is 21.2. The maximum atomic E-state index is 15.6. The lowest BCUT2D eigenvalue weighted by atomic mass is 10.0. The summed E-state index contributed by atoms with van der Waals surface area (Å²) in [6.07, 6.45) is 6.59. The lowest BCUT2D eigenvalue weighted by Crippen LogP contribution is -2.52. The number of amides is 6. The van der Waals surface area contributed by atoms with Crippen LogP contribution in [-0.4, -0.2) is 120 Å². The zero-order valence-electron chi connectivity index (χ0n) is 35.0. The van der Waals surface area contributed by atoms with Crippen LogP contribution in [0, 0.1) is 5.82 Å². The predicted octanol–water partition coefficient (Wildman–Crippen LogP) is 4.10. The first-order chi connectivity index (χ1) is 30.2. The number of nitrogens with zero attached hydrogens (tertiary/aromatic N) is 6. The highest BCUT2D eigenvalue weighted by molar-refractivity contribution is 6.06. The minimum Gasteiger partial charge on any atom is -0.495 e. The van der Waals surface area contributed by atoms with E-state index >= 15 is 13.2 Å². The van der Waals surface area contributed by atoms with Crippen molar-refractivity contribution < 1.29 is 46.7 Å². The van der Waals surface area contributed by atoms with Gasteiger partial charge in [-0.05, 0) is 68.4 Å². The molecule has 0 radical (unpaired) electrons. The largest absolute Gasteiger partial charge is 0.495 e. The Morgan fingerprint density at radius 2 is 1.76 bits per heavy atom. The first kappa shape index (κ1) is 43.2. The molecule has 8 rings (SSSR count). The summed E-state index contributed by atoms with van der Waals surface area (Å²) in [7, 11) is 2.60. The third-order valence-electron chi connectivity index (χ3n) is 12.5. The van der Waals surface area contributed by atoms with Gasteiger partial charge in [0.1, 0.15) is 23.3 Å². The number of halogens is 3. The molecule has 1 saturated carbocycles. The van der Waals surface area contributed by atoms with Crippen molar-refractivity contribution in [2.75, 3.05) is 60.8 Å². The minimum atomic E-state index is -3.64. The molecular weight excluding hydrogens is 826 g/mol. The van der Waals surface area contributed by atoms with Crippen molar-refractivity contribution in [1.82, 2.24) is 30.4 Å². The highest BCUT2D eigenvalue weighted by Crippen LogP contribution is 2.40. The Bertz CT molecular complexity index is 2340. The van der Waals surface area contributed by atoms with Gasteiger partial charge in [0.05, 0.1) is 31.1 Å². The highest BCUT2D eigenvalue weighted by atomic mass is 19.3. The number of carbonyl (C=O) groups excluding carboxylic acids is 6. The number of hydrogen-bond acceptors (Lipinski definition) is 12. The summed E-state index contributed by atoms with van der Waals surface area (Å²) in [5, 5.41) is 11.4. The fourth-order valence-electron chi connectivity index (χ4n) is 9.07. The van der Waals surface area contributed by atoms with Crippen LogP contribution in [0.2, 0.25) is 0 Å². The Morgan fingerprint density at radius 1 is 1.00 bits per heavy atom. The van der Waals surface area contributed by atoms with E-state index in [9.17, 15) is 28.8 Å². The molecule has 0 spiro atoms. The van der Waals surface area contributed by atoms with Gasteiger partial charge in [-0.3, -0.25) is 34.1 Å². The lowest BCUT2D eigenvalue weighted by molar-refractivity contribution is -0.140. The summed E-state index contributed by atoms with van der Waals surface area (Å²) >= 11 is 0. The molecule has 5 aliphatic rings. The number of methoxy groups -OCH3 is 1. The Labute approximate surface area is 361 Å². The van der Waals surface area contributed by atoms with Crippen molar-refractivity contribution in [3.05, 3.63) is 59.0 Å². The normalized spacial score (nSPS) is 20.3. The van der Waals surface area contributed by atoms with Crippen LogP contribution in [-0.2, 0) is 25.7 Å². The summed E-state index contributed by atoms with van der Waals surface area (Å²) < 4.78 is 51.2. The zero-order chi connectivity index (χ0) is 44.6. The molecule has 6 amide bonds. The second-order valence-electron chi connectivity index (χ2n) is 16.6. The molecule has 4 N–H and O–H groups in total. The molecule has 1 atom stereocenters. The van der Waals surface area contributed by atoms with Crippen LogP contribution in [0.15, 0.2) is 36.5 Å². The summed E-state index contributed by atoms with van der Waals surface area (Å²) in [5.74, 6) is -7.38. The Hall–Kier alpha value is -6.47. The third kappa shape index (κ3) is 8.92. The van der Waals surface area contributed by atoms with E-state index in [2.05, 4.69) is 31.2 Å².